The van der Waals surface area contributed by atoms with Crippen molar-refractivity contribution in [3.8, 4) is 0 Å². The molecule has 8 heteroatoms. The lowest BCUT2D eigenvalue weighted by molar-refractivity contribution is 0.101. The number of aromatic amines is 1. The zero-order valence-electron chi connectivity index (χ0n) is 17.9. The number of hydrogen-bond donors (Lipinski definition) is 3. The smallest absolute Gasteiger partial charge is 0.273 e. The molecule has 8 nitrogen and oxygen atoms in total. The molecule has 2 aromatic carbocycles. The molecule has 162 valence electrons. The fourth-order valence-electron chi connectivity index (χ4n) is 3.52. The second kappa shape index (κ2) is 8.80. The molecule has 0 fully saturated rings. The molecule has 0 saturated heterocycles. The largest absolute Gasteiger partial charge is 0.355 e. The van der Waals surface area contributed by atoms with Gasteiger partial charge in [-0.1, -0.05) is 12.1 Å². The second-order valence-electron chi connectivity index (χ2n) is 7.46. The first kappa shape index (κ1) is 20.2. The Balaban J connectivity index is 1.31. The topological polar surface area (TPSA) is 101 Å². The molecular formula is C25H21N7O. The van der Waals surface area contributed by atoms with Crippen LogP contribution < -0.4 is 10.6 Å². The van der Waals surface area contributed by atoms with Crippen LogP contribution in [0, 0.1) is 0 Å². The van der Waals surface area contributed by atoms with Gasteiger partial charge < -0.3 is 10.6 Å². The molecule has 0 radical (unpaired) electrons. The minimum Gasteiger partial charge on any atom is -0.355 e. The maximum Gasteiger partial charge on any atom is 0.273 e. The van der Waals surface area contributed by atoms with E-state index >= 15 is 0 Å². The standard InChI is InChI=1S/C25H21N7O/c1-32-24(12-14-27-32)25(33)29-19-7-4-6-18(15-19)28-20-8-10-21-22(30-31-23(21)16-20)11-9-17-5-2-3-13-26-17/h2-16,28H,1H3,(H,29,33)(H,30,31)/b11-9+. The average molecular weight is 435 g/mol. The number of amides is 1. The van der Waals surface area contributed by atoms with Gasteiger partial charge >= 0.3 is 0 Å². The van der Waals surface area contributed by atoms with Crippen molar-refractivity contribution >= 4 is 46.0 Å². The number of nitrogens with zero attached hydrogens (tertiary/aromatic N) is 4. The van der Waals surface area contributed by atoms with Crippen molar-refractivity contribution in [1.82, 2.24) is 25.0 Å². The first-order valence-corrected chi connectivity index (χ1v) is 10.4. The molecule has 1 amide bonds. The summed E-state index contributed by atoms with van der Waals surface area (Å²) < 4.78 is 1.54. The Morgan fingerprint density at radius 1 is 0.939 bits per heavy atom. The number of carbonyl (C=O) groups excluding carboxylic acids is 1. The van der Waals surface area contributed by atoms with E-state index in [4.69, 9.17) is 0 Å². The summed E-state index contributed by atoms with van der Waals surface area (Å²) in [5.74, 6) is -0.211. The summed E-state index contributed by atoms with van der Waals surface area (Å²) in [7, 11) is 1.73. The van der Waals surface area contributed by atoms with Gasteiger partial charge in [0.25, 0.3) is 5.91 Å². The molecule has 5 rings (SSSR count). The van der Waals surface area contributed by atoms with E-state index in [1.807, 2.05) is 72.8 Å². The third-order valence-corrected chi connectivity index (χ3v) is 5.15. The van der Waals surface area contributed by atoms with E-state index in [0.717, 1.165) is 33.7 Å². The highest BCUT2D eigenvalue weighted by molar-refractivity contribution is 6.03. The number of hydrogen-bond acceptors (Lipinski definition) is 5. The van der Waals surface area contributed by atoms with Crippen LogP contribution in [0.5, 0.6) is 0 Å². The van der Waals surface area contributed by atoms with Crippen LogP contribution in [0.2, 0.25) is 0 Å². The van der Waals surface area contributed by atoms with Crippen molar-refractivity contribution < 1.29 is 4.79 Å². The molecule has 0 aliphatic rings. The Bertz CT molecular complexity index is 1450. The molecule has 5 aromatic rings. The van der Waals surface area contributed by atoms with Crippen LogP contribution in [0.3, 0.4) is 0 Å². The average Bonchev–Trinajstić information content (AvgIpc) is 3.44. The van der Waals surface area contributed by atoms with Gasteiger partial charge in [-0.15, -0.1) is 0 Å². The highest BCUT2D eigenvalue weighted by Crippen LogP contribution is 2.25. The zero-order valence-corrected chi connectivity index (χ0v) is 17.9. The van der Waals surface area contributed by atoms with Gasteiger partial charge in [-0.2, -0.15) is 10.2 Å². The van der Waals surface area contributed by atoms with Gasteiger partial charge in [0.15, 0.2) is 0 Å². The number of H-pyrrole nitrogens is 1. The number of nitrogens with one attached hydrogen (secondary N) is 3. The first-order chi connectivity index (χ1) is 16.2. The molecule has 0 saturated carbocycles. The Labute approximate surface area is 190 Å². The van der Waals surface area contributed by atoms with E-state index in [0.29, 0.717) is 11.4 Å². The monoisotopic (exact) mass is 435 g/mol. The SMILES string of the molecule is Cn1nccc1C(=O)Nc1cccc(Nc2ccc3c(/C=C/c4ccccn4)n[nH]c3c2)c1. The van der Waals surface area contributed by atoms with Crippen molar-refractivity contribution in [3.05, 3.63) is 96.2 Å². The summed E-state index contributed by atoms with van der Waals surface area (Å²) in [5.41, 5.74) is 5.58. The molecule has 3 N–H and O–H groups in total. The maximum atomic E-state index is 12.4. The molecule has 0 bridgehead atoms. The number of anilines is 3. The Morgan fingerprint density at radius 3 is 2.64 bits per heavy atom. The van der Waals surface area contributed by atoms with Crippen molar-refractivity contribution in [2.24, 2.45) is 7.05 Å². The zero-order chi connectivity index (χ0) is 22.6. The third-order valence-electron chi connectivity index (χ3n) is 5.15. The van der Waals surface area contributed by atoms with E-state index in [2.05, 4.69) is 30.9 Å². The van der Waals surface area contributed by atoms with Crippen LogP contribution in [0.25, 0.3) is 23.1 Å². The van der Waals surface area contributed by atoms with E-state index in [-0.39, 0.29) is 5.91 Å². The van der Waals surface area contributed by atoms with Crippen molar-refractivity contribution in [3.63, 3.8) is 0 Å². The van der Waals surface area contributed by atoms with Crippen LogP contribution >= 0.6 is 0 Å². The van der Waals surface area contributed by atoms with Crippen LogP contribution in [0.4, 0.5) is 17.1 Å². The summed E-state index contributed by atoms with van der Waals surface area (Å²) in [6, 6.07) is 21.0. The minimum atomic E-state index is -0.211. The lowest BCUT2D eigenvalue weighted by atomic mass is 10.1. The Morgan fingerprint density at radius 2 is 1.82 bits per heavy atom. The first-order valence-electron chi connectivity index (χ1n) is 10.4. The van der Waals surface area contributed by atoms with Crippen LogP contribution in [0.15, 0.2) is 79.1 Å². The predicted molar refractivity (Wildman–Crippen MR) is 130 cm³/mol. The molecule has 0 aliphatic heterocycles. The highest BCUT2D eigenvalue weighted by atomic mass is 16.2. The number of fused-ring (bicyclic) bond motifs is 1. The number of rotatable bonds is 6. The predicted octanol–water partition coefficient (Wildman–Crippen LogP) is 4.86. The van der Waals surface area contributed by atoms with Crippen molar-refractivity contribution in [2.75, 3.05) is 10.6 Å². The normalized spacial score (nSPS) is 11.2. The van der Waals surface area contributed by atoms with E-state index in [1.54, 1.807) is 25.5 Å². The van der Waals surface area contributed by atoms with Crippen LogP contribution in [-0.4, -0.2) is 30.9 Å². The van der Waals surface area contributed by atoms with E-state index in [1.165, 1.54) is 4.68 Å². The number of carbonyl (C=O) groups is 1. The second-order valence-corrected chi connectivity index (χ2v) is 7.46. The molecule has 3 aromatic heterocycles. The lowest BCUT2D eigenvalue weighted by Crippen LogP contribution is -2.16. The maximum absolute atomic E-state index is 12.4. The van der Waals surface area contributed by atoms with Gasteiger partial charge in [0.2, 0.25) is 0 Å². The number of aryl methyl sites for hydroxylation is 1. The van der Waals surface area contributed by atoms with Gasteiger partial charge in [-0.3, -0.25) is 19.6 Å². The van der Waals surface area contributed by atoms with Crippen LogP contribution in [-0.2, 0) is 7.05 Å². The van der Waals surface area contributed by atoms with Gasteiger partial charge in [0.05, 0.1) is 16.9 Å². The van der Waals surface area contributed by atoms with Gasteiger partial charge in [0.1, 0.15) is 5.69 Å². The minimum absolute atomic E-state index is 0.211. The molecule has 0 unspecified atom stereocenters. The molecule has 33 heavy (non-hydrogen) atoms. The quantitative estimate of drug-likeness (QED) is 0.354. The number of pyridine rings is 1. The van der Waals surface area contributed by atoms with Crippen molar-refractivity contribution in [2.45, 2.75) is 0 Å². The van der Waals surface area contributed by atoms with Gasteiger partial charge in [-0.05, 0) is 66.7 Å². The molecule has 0 spiro atoms. The van der Waals surface area contributed by atoms with E-state index in [9.17, 15) is 4.79 Å². The summed E-state index contributed by atoms with van der Waals surface area (Å²) in [5, 5.41) is 18.8. The summed E-state index contributed by atoms with van der Waals surface area (Å²) >= 11 is 0. The lowest BCUT2D eigenvalue weighted by Gasteiger charge is -2.10. The molecule has 3 heterocycles. The summed E-state index contributed by atoms with van der Waals surface area (Å²) in [6.45, 7) is 0. The number of benzene rings is 2. The van der Waals surface area contributed by atoms with Gasteiger partial charge in [0, 0.05) is 41.9 Å². The van der Waals surface area contributed by atoms with E-state index < -0.39 is 0 Å². The molecular weight excluding hydrogens is 414 g/mol. The Hall–Kier alpha value is -4.72. The number of aromatic nitrogens is 5. The Kier molecular flexibility index (Phi) is 5.38. The fraction of sp³-hybridized carbons (Fsp3) is 0.0400. The summed E-state index contributed by atoms with van der Waals surface area (Å²) in [6.07, 6.45) is 7.24. The van der Waals surface area contributed by atoms with Crippen molar-refractivity contribution in [1.29, 1.82) is 0 Å². The molecule has 0 atom stereocenters. The van der Waals surface area contributed by atoms with Crippen LogP contribution in [0.1, 0.15) is 21.9 Å². The fourth-order valence-corrected chi connectivity index (χ4v) is 3.52. The van der Waals surface area contributed by atoms with Gasteiger partial charge in [-0.25, -0.2) is 0 Å². The molecule has 0 aliphatic carbocycles. The highest BCUT2D eigenvalue weighted by Gasteiger charge is 2.10. The third kappa shape index (κ3) is 4.49. The summed E-state index contributed by atoms with van der Waals surface area (Å²) in [4.78, 5) is 16.7.